The second-order valence-corrected chi connectivity index (χ2v) is 6.77. The zero-order valence-corrected chi connectivity index (χ0v) is 15.0. The molecule has 1 amide bonds. The highest BCUT2D eigenvalue weighted by Gasteiger charge is 2.08. The van der Waals surface area contributed by atoms with Crippen LogP contribution in [0.2, 0.25) is 0 Å². The molecule has 24 heavy (non-hydrogen) atoms. The summed E-state index contributed by atoms with van der Waals surface area (Å²) in [7, 11) is 0. The SMILES string of the molecule is O=C(COC(=O)CSc1ccc(Br)cc1)NCc1ccc(F)cc1. The number of hydrogen-bond acceptors (Lipinski definition) is 4. The fraction of sp³-hybridized carbons (Fsp3) is 0.176. The van der Waals surface area contributed by atoms with E-state index in [0.717, 1.165) is 14.9 Å². The maximum absolute atomic E-state index is 12.8. The van der Waals surface area contributed by atoms with Gasteiger partial charge in [-0.25, -0.2) is 4.39 Å². The molecule has 0 aromatic heterocycles. The Morgan fingerprint density at radius 3 is 2.42 bits per heavy atom. The molecule has 0 saturated carbocycles. The number of hydrogen-bond donors (Lipinski definition) is 1. The van der Waals surface area contributed by atoms with Gasteiger partial charge >= 0.3 is 5.97 Å². The second-order valence-electron chi connectivity index (χ2n) is 4.81. The second kappa shape index (κ2) is 9.44. The number of thioether (sulfide) groups is 1. The van der Waals surface area contributed by atoms with E-state index in [1.807, 2.05) is 24.3 Å². The van der Waals surface area contributed by atoms with Crippen molar-refractivity contribution in [3.05, 3.63) is 64.4 Å². The predicted octanol–water partition coefficient (Wildman–Crippen LogP) is 3.54. The van der Waals surface area contributed by atoms with Gasteiger partial charge in [0.1, 0.15) is 5.82 Å². The molecule has 0 aliphatic rings. The van der Waals surface area contributed by atoms with E-state index in [2.05, 4.69) is 21.2 Å². The predicted molar refractivity (Wildman–Crippen MR) is 94.1 cm³/mol. The lowest BCUT2D eigenvalue weighted by atomic mass is 10.2. The lowest BCUT2D eigenvalue weighted by Gasteiger charge is -2.07. The van der Waals surface area contributed by atoms with E-state index in [9.17, 15) is 14.0 Å². The minimum absolute atomic E-state index is 0.132. The number of rotatable bonds is 7. The number of carbonyl (C=O) groups excluding carboxylic acids is 2. The average molecular weight is 412 g/mol. The maximum atomic E-state index is 12.8. The molecule has 0 fully saturated rings. The van der Waals surface area contributed by atoms with Crippen molar-refractivity contribution in [2.45, 2.75) is 11.4 Å². The van der Waals surface area contributed by atoms with Crippen LogP contribution in [-0.2, 0) is 20.9 Å². The van der Waals surface area contributed by atoms with Gasteiger partial charge in [0.25, 0.3) is 5.91 Å². The van der Waals surface area contributed by atoms with Crippen molar-refractivity contribution >= 4 is 39.6 Å². The Kier molecular flexibility index (Phi) is 7.27. The van der Waals surface area contributed by atoms with Crippen LogP contribution in [0.4, 0.5) is 4.39 Å². The molecule has 0 radical (unpaired) electrons. The van der Waals surface area contributed by atoms with Crippen LogP contribution in [0.5, 0.6) is 0 Å². The molecule has 0 atom stereocenters. The molecule has 126 valence electrons. The minimum atomic E-state index is -0.458. The summed E-state index contributed by atoms with van der Waals surface area (Å²) < 4.78 is 18.6. The molecule has 0 saturated heterocycles. The highest BCUT2D eigenvalue weighted by molar-refractivity contribution is 9.10. The van der Waals surface area contributed by atoms with E-state index in [0.29, 0.717) is 0 Å². The zero-order chi connectivity index (χ0) is 17.4. The Balaban J connectivity index is 1.64. The van der Waals surface area contributed by atoms with E-state index >= 15 is 0 Å². The van der Waals surface area contributed by atoms with Gasteiger partial charge in [-0.05, 0) is 42.0 Å². The summed E-state index contributed by atoms with van der Waals surface area (Å²) in [5.74, 6) is -1.06. The van der Waals surface area contributed by atoms with Crippen LogP contribution in [0.15, 0.2) is 57.9 Å². The normalized spacial score (nSPS) is 10.2. The summed E-state index contributed by atoms with van der Waals surface area (Å²) in [6, 6.07) is 13.3. The summed E-state index contributed by atoms with van der Waals surface area (Å²) in [6.45, 7) is -0.0781. The number of ether oxygens (including phenoxy) is 1. The first-order valence-electron chi connectivity index (χ1n) is 7.08. The number of nitrogens with one attached hydrogen (secondary N) is 1. The van der Waals surface area contributed by atoms with Gasteiger partial charge in [-0.15, -0.1) is 11.8 Å². The first-order chi connectivity index (χ1) is 11.5. The van der Waals surface area contributed by atoms with Gasteiger partial charge in [0.15, 0.2) is 6.61 Å². The summed E-state index contributed by atoms with van der Waals surface area (Å²) in [4.78, 5) is 24.2. The van der Waals surface area contributed by atoms with Crippen LogP contribution in [-0.4, -0.2) is 24.2 Å². The Hall–Kier alpha value is -1.86. The topological polar surface area (TPSA) is 55.4 Å². The van der Waals surface area contributed by atoms with Crippen LogP contribution in [0, 0.1) is 5.82 Å². The zero-order valence-electron chi connectivity index (χ0n) is 12.6. The molecule has 0 heterocycles. The van der Waals surface area contributed by atoms with Crippen LogP contribution in [0.1, 0.15) is 5.56 Å². The quantitative estimate of drug-likeness (QED) is 0.559. The van der Waals surface area contributed by atoms with Gasteiger partial charge in [0.2, 0.25) is 0 Å². The first-order valence-corrected chi connectivity index (χ1v) is 8.86. The third kappa shape index (κ3) is 6.72. The van der Waals surface area contributed by atoms with Crippen molar-refractivity contribution in [1.29, 1.82) is 0 Å². The molecule has 0 spiro atoms. The van der Waals surface area contributed by atoms with Gasteiger partial charge in [-0.3, -0.25) is 9.59 Å². The molecule has 2 aromatic carbocycles. The van der Waals surface area contributed by atoms with E-state index in [1.54, 1.807) is 12.1 Å². The average Bonchev–Trinajstić information content (AvgIpc) is 2.59. The number of carbonyl (C=O) groups is 2. The third-order valence-corrected chi connectivity index (χ3v) is 4.45. The number of halogens is 2. The van der Waals surface area contributed by atoms with Crippen molar-refractivity contribution in [1.82, 2.24) is 5.32 Å². The molecule has 0 aliphatic carbocycles. The standard InChI is InChI=1S/C17H15BrFNO3S/c18-13-3-7-15(8-4-13)24-11-17(22)23-10-16(21)20-9-12-1-5-14(19)6-2-12/h1-8H,9-11H2,(H,20,21). The summed E-state index contributed by atoms with van der Waals surface area (Å²) in [6.07, 6.45) is 0. The monoisotopic (exact) mass is 411 g/mol. The van der Waals surface area contributed by atoms with Crippen molar-refractivity contribution in [3.63, 3.8) is 0 Å². The smallest absolute Gasteiger partial charge is 0.316 e. The summed E-state index contributed by atoms with van der Waals surface area (Å²) in [5.41, 5.74) is 0.766. The molecular formula is C17H15BrFNO3S. The molecule has 1 N–H and O–H groups in total. The molecule has 2 aromatic rings. The van der Waals surface area contributed by atoms with Crippen LogP contribution < -0.4 is 5.32 Å². The van der Waals surface area contributed by atoms with Crippen LogP contribution in [0.25, 0.3) is 0 Å². The first kappa shape index (κ1) is 18.5. The maximum Gasteiger partial charge on any atom is 0.316 e. The van der Waals surface area contributed by atoms with Crippen molar-refractivity contribution in [2.24, 2.45) is 0 Å². The molecule has 4 nitrogen and oxygen atoms in total. The van der Waals surface area contributed by atoms with Gasteiger partial charge < -0.3 is 10.1 Å². The Morgan fingerprint density at radius 1 is 1.08 bits per heavy atom. The van der Waals surface area contributed by atoms with E-state index in [1.165, 1.54) is 23.9 Å². The van der Waals surface area contributed by atoms with Gasteiger partial charge in [-0.2, -0.15) is 0 Å². The molecule has 7 heteroatoms. The molecule has 0 bridgehead atoms. The van der Waals surface area contributed by atoms with Gasteiger partial charge in [0.05, 0.1) is 5.75 Å². The van der Waals surface area contributed by atoms with Crippen LogP contribution >= 0.6 is 27.7 Å². The fourth-order valence-electron chi connectivity index (χ4n) is 1.71. The number of benzene rings is 2. The Bertz CT molecular complexity index is 630. The van der Waals surface area contributed by atoms with Crippen LogP contribution in [0.3, 0.4) is 0 Å². The fourth-order valence-corrected chi connectivity index (χ4v) is 2.68. The van der Waals surface area contributed by atoms with E-state index in [4.69, 9.17) is 4.74 Å². The Labute approximate surface area is 151 Å². The minimum Gasteiger partial charge on any atom is -0.455 e. The molecule has 2 rings (SSSR count). The number of amides is 1. The highest BCUT2D eigenvalue weighted by atomic mass is 79.9. The highest BCUT2D eigenvalue weighted by Crippen LogP contribution is 2.20. The van der Waals surface area contributed by atoms with Crippen molar-refractivity contribution < 1.29 is 18.7 Å². The lowest BCUT2D eigenvalue weighted by Crippen LogP contribution is -2.28. The Morgan fingerprint density at radius 2 is 1.75 bits per heavy atom. The van der Waals surface area contributed by atoms with Gasteiger partial charge in [-0.1, -0.05) is 28.1 Å². The third-order valence-electron chi connectivity index (χ3n) is 2.94. The van der Waals surface area contributed by atoms with E-state index in [-0.39, 0.29) is 24.7 Å². The largest absolute Gasteiger partial charge is 0.455 e. The lowest BCUT2D eigenvalue weighted by molar-refractivity contribution is -0.145. The molecule has 0 aliphatic heterocycles. The van der Waals surface area contributed by atoms with E-state index < -0.39 is 11.9 Å². The van der Waals surface area contributed by atoms with Crippen molar-refractivity contribution in [3.8, 4) is 0 Å². The van der Waals surface area contributed by atoms with Crippen molar-refractivity contribution in [2.75, 3.05) is 12.4 Å². The number of esters is 1. The molecule has 0 unspecified atom stereocenters. The summed E-state index contributed by atoms with van der Waals surface area (Å²) >= 11 is 4.68. The molecular weight excluding hydrogens is 397 g/mol. The van der Waals surface area contributed by atoms with Gasteiger partial charge in [0, 0.05) is 15.9 Å². The summed E-state index contributed by atoms with van der Waals surface area (Å²) in [5, 5.41) is 2.60.